The van der Waals surface area contributed by atoms with Crippen LogP contribution in [0.1, 0.15) is 27.0 Å². The molecule has 2 aromatic carbocycles. The molecule has 2 N–H and O–H groups in total. The van der Waals surface area contributed by atoms with E-state index in [-0.39, 0.29) is 18.0 Å². The van der Waals surface area contributed by atoms with Gasteiger partial charge in [0.25, 0.3) is 11.5 Å². The standard InChI is InChI=1S/C19H17ClN2O2/c1-11-7-12(2)15-9-13(18(23)22-17(15)8-11)10-21-19(24)14-5-3-4-6-16(14)20/h3-9H,10H2,1-2H3,(H,21,24)(H,22,23). The van der Waals surface area contributed by atoms with Gasteiger partial charge in [-0.2, -0.15) is 0 Å². The molecule has 0 aliphatic carbocycles. The van der Waals surface area contributed by atoms with Gasteiger partial charge in [0.1, 0.15) is 0 Å². The van der Waals surface area contributed by atoms with Crippen molar-refractivity contribution < 1.29 is 4.79 Å². The van der Waals surface area contributed by atoms with Crippen LogP contribution in [0.4, 0.5) is 0 Å². The smallest absolute Gasteiger partial charge is 0.253 e. The Kier molecular flexibility index (Phi) is 4.40. The molecule has 0 aliphatic heterocycles. The van der Waals surface area contributed by atoms with Crippen molar-refractivity contribution in [1.82, 2.24) is 10.3 Å². The highest BCUT2D eigenvalue weighted by Gasteiger charge is 2.11. The Morgan fingerprint density at radius 1 is 1.17 bits per heavy atom. The summed E-state index contributed by atoms with van der Waals surface area (Å²) in [5.41, 5.74) is 3.68. The predicted octanol–water partition coefficient (Wildman–Crippen LogP) is 3.73. The van der Waals surface area contributed by atoms with Crippen LogP contribution in [-0.4, -0.2) is 10.9 Å². The number of rotatable bonds is 3. The molecule has 0 radical (unpaired) electrons. The first kappa shape index (κ1) is 16.3. The number of halogens is 1. The van der Waals surface area contributed by atoms with Crippen LogP contribution in [0, 0.1) is 13.8 Å². The fourth-order valence-electron chi connectivity index (χ4n) is 2.76. The lowest BCUT2D eigenvalue weighted by molar-refractivity contribution is 0.0951. The third-order valence-corrected chi connectivity index (χ3v) is 4.28. The molecule has 0 saturated carbocycles. The van der Waals surface area contributed by atoms with Crippen molar-refractivity contribution in [3.8, 4) is 0 Å². The number of pyridine rings is 1. The second-order valence-corrected chi connectivity index (χ2v) is 6.24. The van der Waals surface area contributed by atoms with E-state index in [4.69, 9.17) is 11.6 Å². The minimum Gasteiger partial charge on any atom is -0.348 e. The molecule has 1 aromatic heterocycles. The molecule has 0 saturated heterocycles. The highest BCUT2D eigenvalue weighted by atomic mass is 35.5. The number of aromatic nitrogens is 1. The molecule has 0 spiro atoms. The molecule has 122 valence electrons. The van der Waals surface area contributed by atoms with Crippen LogP contribution in [0.2, 0.25) is 5.02 Å². The summed E-state index contributed by atoms with van der Waals surface area (Å²) in [4.78, 5) is 27.3. The normalized spacial score (nSPS) is 10.8. The van der Waals surface area contributed by atoms with E-state index < -0.39 is 0 Å². The van der Waals surface area contributed by atoms with Gasteiger partial charge in [-0.1, -0.05) is 29.8 Å². The number of carbonyl (C=O) groups is 1. The summed E-state index contributed by atoms with van der Waals surface area (Å²) < 4.78 is 0. The summed E-state index contributed by atoms with van der Waals surface area (Å²) in [6, 6.07) is 12.6. The van der Waals surface area contributed by atoms with E-state index in [1.165, 1.54) is 0 Å². The summed E-state index contributed by atoms with van der Waals surface area (Å²) in [5, 5.41) is 4.11. The molecule has 3 rings (SSSR count). The van der Waals surface area contributed by atoms with Crippen LogP contribution in [-0.2, 0) is 6.54 Å². The summed E-state index contributed by atoms with van der Waals surface area (Å²) in [7, 11) is 0. The van der Waals surface area contributed by atoms with Crippen molar-refractivity contribution >= 4 is 28.4 Å². The maximum atomic E-state index is 12.2. The van der Waals surface area contributed by atoms with E-state index in [9.17, 15) is 9.59 Å². The second-order valence-electron chi connectivity index (χ2n) is 5.83. The molecule has 1 heterocycles. The average Bonchev–Trinajstić information content (AvgIpc) is 2.53. The average molecular weight is 341 g/mol. The molecule has 3 aromatic rings. The number of carbonyl (C=O) groups excluding carboxylic acids is 1. The van der Waals surface area contributed by atoms with Gasteiger partial charge in [0, 0.05) is 23.0 Å². The molecule has 4 nitrogen and oxygen atoms in total. The van der Waals surface area contributed by atoms with E-state index in [2.05, 4.69) is 16.4 Å². The van der Waals surface area contributed by atoms with Gasteiger partial charge in [0.15, 0.2) is 0 Å². The quantitative estimate of drug-likeness (QED) is 0.763. The largest absolute Gasteiger partial charge is 0.348 e. The molecule has 5 heteroatoms. The predicted molar refractivity (Wildman–Crippen MR) is 96.7 cm³/mol. The fourth-order valence-corrected chi connectivity index (χ4v) is 2.99. The Bertz CT molecular complexity index is 992. The zero-order valence-electron chi connectivity index (χ0n) is 13.4. The SMILES string of the molecule is Cc1cc(C)c2cc(CNC(=O)c3ccccc3Cl)c(=O)[nH]c2c1. The lowest BCUT2D eigenvalue weighted by atomic mass is 10.0. The first-order chi connectivity index (χ1) is 11.5. The Balaban J connectivity index is 1.88. The molecule has 0 bridgehead atoms. The van der Waals surface area contributed by atoms with E-state index in [0.29, 0.717) is 16.1 Å². The Hall–Kier alpha value is -2.59. The highest BCUT2D eigenvalue weighted by molar-refractivity contribution is 6.33. The number of H-pyrrole nitrogens is 1. The number of aryl methyl sites for hydroxylation is 2. The third kappa shape index (κ3) is 3.19. The fraction of sp³-hybridized carbons (Fsp3) is 0.158. The molecule has 0 unspecified atom stereocenters. The minimum atomic E-state index is -0.305. The van der Waals surface area contributed by atoms with Crippen molar-refractivity contribution in [2.24, 2.45) is 0 Å². The lowest BCUT2D eigenvalue weighted by Gasteiger charge is -2.09. The lowest BCUT2D eigenvalue weighted by Crippen LogP contribution is -2.27. The van der Waals surface area contributed by atoms with Gasteiger partial charge in [-0.05, 0) is 49.2 Å². The summed E-state index contributed by atoms with van der Waals surface area (Å²) >= 11 is 6.02. The number of aromatic amines is 1. The Morgan fingerprint density at radius 3 is 2.67 bits per heavy atom. The van der Waals surface area contributed by atoms with Gasteiger partial charge in [-0.25, -0.2) is 0 Å². The summed E-state index contributed by atoms with van der Waals surface area (Å²) in [6.45, 7) is 4.13. The molecular weight excluding hydrogens is 324 g/mol. The van der Waals surface area contributed by atoms with Crippen molar-refractivity contribution in [2.75, 3.05) is 0 Å². The maximum Gasteiger partial charge on any atom is 0.253 e. The van der Waals surface area contributed by atoms with Crippen LogP contribution < -0.4 is 10.9 Å². The maximum absolute atomic E-state index is 12.2. The third-order valence-electron chi connectivity index (χ3n) is 3.95. The van der Waals surface area contributed by atoms with Gasteiger partial charge in [-0.3, -0.25) is 9.59 Å². The Labute approximate surface area is 144 Å². The number of hydrogen-bond acceptors (Lipinski definition) is 2. The van der Waals surface area contributed by atoms with Crippen LogP contribution in [0.15, 0.2) is 47.3 Å². The molecule has 0 aliphatic rings. The summed E-state index contributed by atoms with van der Waals surface area (Å²) in [6.07, 6.45) is 0. The molecule has 0 fully saturated rings. The van der Waals surface area contributed by atoms with Crippen LogP contribution >= 0.6 is 11.6 Å². The second kappa shape index (κ2) is 6.49. The summed E-state index contributed by atoms with van der Waals surface area (Å²) in [5.74, 6) is -0.305. The first-order valence-corrected chi connectivity index (χ1v) is 7.99. The van der Waals surface area contributed by atoms with E-state index in [1.54, 1.807) is 24.3 Å². The number of benzene rings is 2. The van der Waals surface area contributed by atoms with Crippen LogP contribution in [0.5, 0.6) is 0 Å². The molecule has 1 amide bonds. The van der Waals surface area contributed by atoms with E-state index in [0.717, 1.165) is 22.0 Å². The number of amides is 1. The molecule has 0 atom stereocenters. The van der Waals surface area contributed by atoms with E-state index >= 15 is 0 Å². The molecular formula is C19H17ClN2O2. The van der Waals surface area contributed by atoms with E-state index in [1.807, 2.05) is 26.0 Å². The topological polar surface area (TPSA) is 62.0 Å². The number of hydrogen-bond donors (Lipinski definition) is 2. The minimum absolute atomic E-state index is 0.142. The molecule has 24 heavy (non-hydrogen) atoms. The number of nitrogens with one attached hydrogen (secondary N) is 2. The van der Waals surface area contributed by atoms with Crippen LogP contribution in [0.25, 0.3) is 10.9 Å². The van der Waals surface area contributed by atoms with Gasteiger partial charge in [0.05, 0.1) is 10.6 Å². The van der Waals surface area contributed by atoms with Crippen molar-refractivity contribution in [1.29, 1.82) is 0 Å². The van der Waals surface area contributed by atoms with Gasteiger partial charge in [0.2, 0.25) is 0 Å². The zero-order valence-corrected chi connectivity index (χ0v) is 14.2. The van der Waals surface area contributed by atoms with Gasteiger partial charge in [-0.15, -0.1) is 0 Å². The van der Waals surface area contributed by atoms with Gasteiger partial charge >= 0.3 is 0 Å². The monoisotopic (exact) mass is 340 g/mol. The zero-order chi connectivity index (χ0) is 17.3. The first-order valence-electron chi connectivity index (χ1n) is 7.61. The van der Waals surface area contributed by atoms with Crippen molar-refractivity contribution in [3.05, 3.63) is 80.1 Å². The van der Waals surface area contributed by atoms with Gasteiger partial charge < -0.3 is 10.3 Å². The highest BCUT2D eigenvalue weighted by Crippen LogP contribution is 2.19. The Morgan fingerprint density at radius 2 is 1.92 bits per heavy atom. The van der Waals surface area contributed by atoms with Crippen LogP contribution in [0.3, 0.4) is 0 Å². The van der Waals surface area contributed by atoms with Crippen molar-refractivity contribution in [2.45, 2.75) is 20.4 Å². The number of fused-ring (bicyclic) bond motifs is 1. The van der Waals surface area contributed by atoms with Crippen molar-refractivity contribution in [3.63, 3.8) is 0 Å².